The molecule has 0 spiro atoms. The van der Waals surface area contributed by atoms with E-state index in [-0.39, 0.29) is 11.7 Å². The molecule has 0 saturated carbocycles. The highest BCUT2D eigenvalue weighted by Gasteiger charge is 2.26. The summed E-state index contributed by atoms with van der Waals surface area (Å²) in [5.41, 5.74) is 7.23. The highest BCUT2D eigenvalue weighted by Crippen LogP contribution is 2.31. The number of phenolic OH excluding ortho intramolecular Hbond substituents is 1. The van der Waals surface area contributed by atoms with E-state index in [0.29, 0.717) is 19.5 Å². The van der Waals surface area contributed by atoms with Crippen molar-refractivity contribution in [2.45, 2.75) is 12.8 Å². The summed E-state index contributed by atoms with van der Waals surface area (Å²) in [5, 5.41) is 9.30. The number of carbonyl (C=O) groups is 1. The van der Waals surface area contributed by atoms with Crippen LogP contribution in [0.1, 0.15) is 12.0 Å². The molecule has 0 aromatic heterocycles. The molecule has 80 valence electrons. The molecule has 0 saturated heterocycles. The van der Waals surface area contributed by atoms with Crippen LogP contribution in [-0.2, 0) is 11.2 Å². The molecule has 15 heavy (non-hydrogen) atoms. The first-order valence-corrected chi connectivity index (χ1v) is 5.04. The topological polar surface area (TPSA) is 66.6 Å². The number of nitrogens with zero attached hydrogens (tertiary/aromatic N) is 1. The molecule has 1 aliphatic rings. The van der Waals surface area contributed by atoms with E-state index < -0.39 is 0 Å². The Morgan fingerprint density at radius 1 is 1.47 bits per heavy atom. The molecular formula is C11H14N2O2. The summed E-state index contributed by atoms with van der Waals surface area (Å²) < 4.78 is 0. The van der Waals surface area contributed by atoms with Crippen molar-refractivity contribution in [3.05, 3.63) is 23.8 Å². The van der Waals surface area contributed by atoms with Crippen molar-refractivity contribution in [1.29, 1.82) is 0 Å². The van der Waals surface area contributed by atoms with Crippen LogP contribution < -0.4 is 10.6 Å². The van der Waals surface area contributed by atoms with Gasteiger partial charge < -0.3 is 15.7 Å². The van der Waals surface area contributed by atoms with Gasteiger partial charge in [-0.3, -0.25) is 4.79 Å². The number of benzene rings is 1. The maximum absolute atomic E-state index is 11.7. The molecule has 0 atom stereocenters. The predicted molar refractivity (Wildman–Crippen MR) is 57.8 cm³/mol. The Kier molecular flexibility index (Phi) is 2.60. The second-order valence-electron chi connectivity index (χ2n) is 3.68. The summed E-state index contributed by atoms with van der Waals surface area (Å²) in [6.07, 6.45) is 1.18. The number of anilines is 1. The first kappa shape index (κ1) is 9.98. The second kappa shape index (κ2) is 3.90. The van der Waals surface area contributed by atoms with E-state index in [2.05, 4.69) is 0 Å². The van der Waals surface area contributed by atoms with Crippen molar-refractivity contribution in [3.8, 4) is 5.75 Å². The fourth-order valence-electron chi connectivity index (χ4n) is 1.86. The Morgan fingerprint density at radius 2 is 2.27 bits per heavy atom. The number of fused-ring (bicyclic) bond motifs is 1. The number of hydrogen-bond acceptors (Lipinski definition) is 3. The number of nitrogens with two attached hydrogens (primary N) is 1. The molecule has 0 aliphatic carbocycles. The van der Waals surface area contributed by atoms with E-state index >= 15 is 0 Å². The van der Waals surface area contributed by atoms with Crippen LogP contribution in [0.4, 0.5) is 5.69 Å². The first-order valence-electron chi connectivity index (χ1n) is 5.04. The van der Waals surface area contributed by atoms with Gasteiger partial charge in [-0.05, 0) is 36.7 Å². The zero-order valence-corrected chi connectivity index (χ0v) is 8.44. The van der Waals surface area contributed by atoms with Gasteiger partial charge in [0.05, 0.1) is 6.42 Å². The van der Waals surface area contributed by atoms with Gasteiger partial charge in [-0.2, -0.15) is 0 Å². The third-order valence-electron chi connectivity index (χ3n) is 2.58. The molecule has 2 rings (SSSR count). The van der Waals surface area contributed by atoms with Crippen molar-refractivity contribution in [3.63, 3.8) is 0 Å². The van der Waals surface area contributed by atoms with Crippen LogP contribution in [0.25, 0.3) is 0 Å². The molecule has 1 amide bonds. The summed E-state index contributed by atoms with van der Waals surface area (Å²) in [4.78, 5) is 13.4. The predicted octanol–water partition coefficient (Wildman–Crippen LogP) is 0.630. The van der Waals surface area contributed by atoms with Crippen LogP contribution in [0.2, 0.25) is 0 Å². The lowest BCUT2D eigenvalue weighted by Crippen LogP contribution is -2.29. The Bertz CT molecular complexity index is 390. The van der Waals surface area contributed by atoms with Gasteiger partial charge >= 0.3 is 0 Å². The molecular weight excluding hydrogens is 192 g/mol. The van der Waals surface area contributed by atoms with Crippen molar-refractivity contribution in [1.82, 2.24) is 0 Å². The van der Waals surface area contributed by atoms with Crippen LogP contribution >= 0.6 is 0 Å². The van der Waals surface area contributed by atoms with Gasteiger partial charge in [-0.25, -0.2) is 0 Å². The van der Waals surface area contributed by atoms with E-state index in [1.165, 1.54) is 0 Å². The number of amides is 1. The lowest BCUT2D eigenvalue weighted by atomic mass is 10.1. The zero-order valence-electron chi connectivity index (χ0n) is 8.44. The highest BCUT2D eigenvalue weighted by atomic mass is 16.3. The third-order valence-corrected chi connectivity index (χ3v) is 2.58. The Balaban J connectivity index is 2.25. The monoisotopic (exact) mass is 206 g/mol. The van der Waals surface area contributed by atoms with Gasteiger partial charge in [0.1, 0.15) is 5.75 Å². The van der Waals surface area contributed by atoms with E-state index in [4.69, 9.17) is 5.73 Å². The van der Waals surface area contributed by atoms with Crippen LogP contribution in [0.15, 0.2) is 18.2 Å². The lowest BCUT2D eigenvalue weighted by molar-refractivity contribution is -0.117. The summed E-state index contributed by atoms with van der Waals surface area (Å²) in [6.45, 7) is 1.24. The number of phenols is 1. The van der Waals surface area contributed by atoms with Gasteiger partial charge in [-0.1, -0.05) is 0 Å². The molecule has 0 fully saturated rings. The normalized spacial score (nSPS) is 14.5. The minimum Gasteiger partial charge on any atom is -0.508 e. The molecule has 0 unspecified atom stereocenters. The molecule has 1 aromatic carbocycles. The smallest absolute Gasteiger partial charge is 0.231 e. The summed E-state index contributed by atoms with van der Waals surface area (Å²) >= 11 is 0. The van der Waals surface area contributed by atoms with E-state index in [1.54, 1.807) is 23.1 Å². The minimum atomic E-state index is 0.0871. The van der Waals surface area contributed by atoms with Gasteiger partial charge in [0.15, 0.2) is 0 Å². The fraction of sp³-hybridized carbons (Fsp3) is 0.364. The molecule has 0 bridgehead atoms. The average Bonchev–Trinajstić information content (AvgIpc) is 2.50. The van der Waals surface area contributed by atoms with Crippen molar-refractivity contribution in [2.24, 2.45) is 5.73 Å². The molecule has 1 aromatic rings. The van der Waals surface area contributed by atoms with Crippen molar-refractivity contribution < 1.29 is 9.90 Å². The molecule has 4 nitrogen and oxygen atoms in total. The number of hydrogen-bond donors (Lipinski definition) is 2. The Labute approximate surface area is 88.3 Å². The van der Waals surface area contributed by atoms with Crippen LogP contribution in [-0.4, -0.2) is 24.1 Å². The molecule has 1 aliphatic heterocycles. The Hall–Kier alpha value is -1.55. The van der Waals surface area contributed by atoms with Gasteiger partial charge in [0.25, 0.3) is 0 Å². The average molecular weight is 206 g/mol. The quantitative estimate of drug-likeness (QED) is 0.762. The van der Waals surface area contributed by atoms with Crippen molar-refractivity contribution >= 4 is 11.6 Å². The van der Waals surface area contributed by atoms with E-state index in [9.17, 15) is 9.90 Å². The van der Waals surface area contributed by atoms with Crippen LogP contribution in [0.5, 0.6) is 5.75 Å². The molecule has 3 N–H and O–H groups in total. The highest BCUT2D eigenvalue weighted by molar-refractivity contribution is 6.01. The Morgan fingerprint density at radius 3 is 3.00 bits per heavy atom. The largest absolute Gasteiger partial charge is 0.508 e. The minimum absolute atomic E-state index is 0.0871. The first-order chi connectivity index (χ1) is 7.22. The van der Waals surface area contributed by atoms with Gasteiger partial charge in [0, 0.05) is 12.2 Å². The third kappa shape index (κ3) is 1.80. The van der Waals surface area contributed by atoms with Crippen LogP contribution in [0, 0.1) is 0 Å². The molecule has 1 heterocycles. The zero-order chi connectivity index (χ0) is 10.8. The number of carbonyl (C=O) groups excluding carboxylic acids is 1. The fourth-order valence-corrected chi connectivity index (χ4v) is 1.86. The summed E-state index contributed by atoms with van der Waals surface area (Å²) in [7, 11) is 0. The summed E-state index contributed by atoms with van der Waals surface area (Å²) in [6, 6.07) is 5.04. The molecule has 4 heteroatoms. The molecule has 0 radical (unpaired) electrons. The number of rotatable bonds is 3. The number of aromatic hydroxyl groups is 1. The summed E-state index contributed by atoms with van der Waals surface area (Å²) in [5.74, 6) is 0.297. The maximum Gasteiger partial charge on any atom is 0.231 e. The second-order valence-corrected chi connectivity index (χ2v) is 3.68. The van der Waals surface area contributed by atoms with E-state index in [0.717, 1.165) is 17.7 Å². The SMILES string of the molecule is NCCCN1C(=O)Cc2cc(O)ccc21. The maximum atomic E-state index is 11.7. The van der Waals surface area contributed by atoms with Crippen molar-refractivity contribution in [2.75, 3.05) is 18.0 Å². The van der Waals surface area contributed by atoms with E-state index in [1.807, 2.05) is 0 Å². The standard InChI is InChI=1S/C11H14N2O2/c12-4-1-5-13-10-3-2-9(14)6-8(10)7-11(13)15/h2-3,6,14H,1,4-5,7,12H2. The van der Waals surface area contributed by atoms with Gasteiger partial charge in [0.2, 0.25) is 5.91 Å². The lowest BCUT2D eigenvalue weighted by Gasteiger charge is -2.16. The van der Waals surface area contributed by atoms with Crippen LogP contribution in [0.3, 0.4) is 0 Å². The van der Waals surface area contributed by atoms with Gasteiger partial charge in [-0.15, -0.1) is 0 Å².